The van der Waals surface area contributed by atoms with Gasteiger partial charge in [0.25, 0.3) is 5.91 Å². The largest absolute Gasteiger partial charge is 0.508 e. The summed E-state index contributed by atoms with van der Waals surface area (Å²) in [7, 11) is 0. The first-order valence-electron chi connectivity index (χ1n) is 8.70. The second kappa shape index (κ2) is 7.34. The second-order valence-electron chi connectivity index (χ2n) is 6.44. The number of aromatic nitrogens is 1. The Morgan fingerprint density at radius 3 is 2.37 bits per heavy atom. The number of benzene rings is 2. The summed E-state index contributed by atoms with van der Waals surface area (Å²) in [6, 6.07) is 15.1. The third kappa shape index (κ3) is 3.67. The zero-order valence-corrected chi connectivity index (χ0v) is 16.0. The smallest absolute Gasteiger partial charge is 0.417 e. The number of phenolic OH excluding ortho intramolecular Hbond substituents is 1. The number of hydrogen-bond acceptors (Lipinski definition) is 5. The fourth-order valence-electron chi connectivity index (χ4n) is 3.00. The number of anilines is 2. The summed E-state index contributed by atoms with van der Waals surface area (Å²) < 4.78 is 41.4. The van der Waals surface area contributed by atoms with Crippen molar-refractivity contribution in [2.75, 3.05) is 11.1 Å². The molecule has 0 radical (unpaired) electrons. The van der Waals surface area contributed by atoms with Crippen LogP contribution in [0.2, 0.25) is 0 Å². The van der Waals surface area contributed by atoms with Crippen LogP contribution in [0.25, 0.3) is 21.5 Å². The van der Waals surface area contributed by atoms with Crippen molar-refractivity contribution in [3.8, 4) is 17.0 Å². The molecule has 0 aliphatic carbocycles. The van der Waals surface area contributed by atoms with Crippen LogP contribution in [0.15, 0.2) is 60.7 Å². The molecule has 0 bridgehead atoms. The van der Waals surface area contributed by atoms with Gasteiger partial charge >= 0.3 is 6.18 Å². The van der Waals surface area contributed by atoms with E-state index in [9.17, 15) is 23.1 Å². The quantitative estimate of drug-likeness (QED) is 0.374. The number of carbonyl (C=O) groups excluding carboxylic acids is 1. The minimum absolute atomic E-state index is 0.0156. The van der Waals surface area contributed by atoms with Gasteiger partial charge in [-0.3, -0.25) is 4.79 Å². The van der Waals surface area contributed by atoms with Crippen molar-refractivity contribution in [1.29, 1.82) is 0 Å². The Morgan fingerprint density at radius 2 is 1.73 bits per heavy atom. The highest BCUT2D eigenvalue weighted by Gasteiger charge is 2.36. The molecule has 0 fully saturated rings. The van der Waals surface area contributed by atoms with E-state index in [0.29, 0.717) is 11.3 Å². The maximum atomic E-state index is 13.8. The first kappa shape index (κ1) is 19.7. The summed E-state index contributed by atoms with van der Waals surface area (Å²) in [4.78, 5) is 16.9. The van der Waals surface area contributed by atoms with Gasteiger partial charge in [-0.2, -0.15) is 13.2 Å². The molecule has 0 spiro atoms. The van der Waals surface area contributed by atoms with Crippen molar-refractivity contribution >= 4 is 38.8 Å². The molecule has 9 heteroatoms. The Balaban J connectivity index is 1.84. The first-order valence-corrected chi connectivity index (χ1v) is 9.51. The number of nitrogens with one attached hydrogen (secondary N) is 1. The molecule has 0 saturated carbocycles. The number of rotatable bonds is 3. The third-order valence-corrected chi connectivity index (χ3v) is 5.50. The number of thiophene rings is 1. The molecule has 0 saturated heterocycles. The predicted octanol–water partition coefficient (Wildman–Crippen LogP) is 5.52. The lowest BCUT2D eigenvalue weighted by Gasteiger charge is -2.11. The van der Waals surface area contributed by atoms with Gasteiger partial charge in [-0.1, -0.05) is 30.3 Å². The molecule has 4 aromatic rings. The number of pyridine rings is 1. The maximum absolute atomic E-state index is 13.8. The van der Waals surface area contributed by atoms with E-state index in [2.05, 4.69) is 10.3 Å². The molecule has 2 aromatic carbocycles. The molecule has 0 atom stereocenters. The monoisotopic (exact) mass is 429 g/mol. The van der Waals surface area contributed by atoms with Crippen LogP contribution in [0, 0.1) is 0 Å². The zero-order chi connectivity index (χ0) is 21.5. The van der Waals surface area contributed by atoms with Gasteiger partial charge in [0.05, 0.1) is 16.9 Å². The van der Waals surface area contributed by atoms with Gasteiger partial charge in [0, 0.05) is 16.6 Å². The lowest BCUT2D eigenvalue weighted by atomic mass is 10.1. The molecular weight excluding hydrogens is 415 g/mol. The number of hydrogen-bond donors (Lipinski definition) is 3. The summed E-state index contributed by atoms with van der Waals surface area (Å²) in [6.07, 6.45) is -4.68. The van der Waals surface area contributed by atoms with Gasteiger partial charge in [0.15, 0.2) is 0 Å². The van der Waals surface area contributed by atoms with Crippen molar-refractivity contribution in [2.24, 2.45) is 0 Å². The normalized spacial score (nSPS) is 11.6. The topological polar surface area (TPSA) is 88.2 Å². The number of carbonyl (C=O) groups is 1. The Kier molecular flexibility index (Phi) is 4.83. The van der Waals surface area contributed by atoms with Crippen LogP contribution in [0.5, 0.6) is 5.75 Å². The average Bonchev–Trinajstić information content (AvgIpc) is 3.05. The second-order valence-corrected chi connectivity index (χ2v) is 7.44. The van der Waals surface area contributed by atoms with E-state index in [1.807, 2.05) is 0 Å². The van der Waals surface area contributed by atoms with Gasteiger partial charge in [0.2, 0.25) is 0 Å². The van der Waals surface area contributed by atoms with Gasteiger partial charge in [0.1, 0.15) is 15.5 Å². The van der Waals surface area contributed by atoms with Gasteiger partial charge in [-0.05, 0) is 30.3 Å². The van der Waals surface area contributed by atoms with E-state index in [0.717, 1.165) is 17.4 Å². The van der Waals surface area contributed by atoms with E-state index in [-0.39, 0.29) is 32.2 Å². The molecule has 2 heterocycles. The van der Waals surface area contributed by atoms with Crippen molar-refractivity contribution in [3.05, 3.63) is 71.1 Å². The fraction of sp³-hybridized carbons (Fsp3) is 0.0476. The number of nitrogens with zero attached hydrogens (tertiary/aromatic N) is 1. The van der Waals surface area contributed by atoms with Crippen LogP contribution in [-0.2, 0) is 6.18 Å². The molecule has 5 nitrogen and oxygen atoms in total. The van der Waals surface area contributed by atoms with Crippen molar-refractivity contribution in [2.45, 2.75) is 6.18 Å². The van der Waals surface area contributed by atoms with E-state index in [1.165, 1.54) is 24.3 Å². The SMILES string of the molecule is Nc1c(C(=O)Nc2ccc(O)cc2)sc2nc(-c3ccccc3)cc(C(F)(F)F)c12. The number of alkyl halides is 3. The molecule has 4 rings (SSSR count). The molecule has 152 valence electrons. The summed E-state index contributed by atoms with van der Waals surface area (Å²) in [5, 5.41) is 11.6. The lowest BCUT2D eigenvalue weighted by Crippen LogP contribution is -2.12. The highest BCUT2D eigenvalue weighted by atomic mass is 32.1. The van der Waals surface area contributed by atoms with Crippen molar-refractivity contribution in [3.63, 3.8) is 0 Å². The summed E-state index contributed by atoms with van der Waals surface area (Å²) >= 11 is 0.796. The number of nitrogen functional groups attached to an aromatic ring is 1. The molecule has 30 heavy (non-hydrogen) atoms. The van der Waals surface area contributed by atoms with E-state index in [1.54, 1.807) is 30.3 Å². The Labute approximate surface area is 172 Å². The summed E-state index contributed by atoms with van der Waals surface area (Å²) in [6.45, 7) is 0. The fourth-order valence-corrected chi connectivity index (χ4v) is 4.02. The Bertz CT molecular complexity index is 1240. The minimum atomic E-state index is -4.68. The van der Waals surface area contributed by atoms with E-state index >= 15 is 0 Å². The number of amides is 1. The molecule has 0 unspecified atom stereocenters. The van der Waals surface area contributed by atoms with E-state index < -0.39 is 17.6 Å². The number of phenols is 1. The molecular formula is C21H14F3N3O2S. The Hall–Kier alpha value is -3.59. The zero-order valence-electron chi connectivity index (χ0n) is 15.2. The van der Waals surface area contributed by atoms with Crippen LogP contribution in [0.3, 0.4) is 0 Å². The third-order valence-electron chi connectivity index (χ3n) is 4.41. The van der Waals surface area contributed by atoms with Gasteiger partial charge < -0.3 is 16.2 Å². The number of halogens is 3. The Morgan fingerprint density at radius 1 is 1.07 bits per heavy atom. The van der Waals surface area contributed by atoms with Crippen LogP contribution in [0.1, 0.15) is 15.2 Å². The molecule has 0 aliphatic rings. The van der Waals surface area contributed by atoms with Crippen molar-refractivity contribution < 1.29 is 23.1 Å². The van der Waals surface area contributed by atoms with Crippen LogP contribution in [-0.4, -0.2) is 16.0 Å². The maximum Gasteiger partial charge on any atom is 0.417 e. The van der Waals surface area contributed by atoms with Crippen molar-refractivity contribution in [1.82, 2.24) is 4.98 Å². The molecule has 4 N–H and O–H groups in total. The van der Waals surface area contributed by atoms with Gasteiger partial charge in [-0.25, -0.2) is 4.98 Å². The number of aromatic hydroxyl groups is 1. The minimum Gasteiger partial charge on any atom is -0.508 e. The van der Waals surface area contributed by atoms with Crippen LogP contribution < -0.4 is 11.1 Å². The first-order chi connectivity index (χ1) is 14.2. The van der Waals surface area contributed by atoms with E-state index in [4.69, 9.17) is 5.73 Å². The standard InChI is InChI=1S/C21H14F3N3O2S/c22-21(23,24)14-10-15(11-4-2-1-3-5-11)27-20-16(14)17(25)18(30-20)19(29)26-12-6-8-13(28)9-7-12/h1-10,28H,25H2,(H,26,29). The van der Waals surface area contributed by atoms with Gasteiger partial charge in [-0.15, -0.1) is 11.3 Å². The highest BCUT2D eigenvalue weighted by molar-refractivity contribution is 7.21. The average molecular weight is 429 g/mol. The van der Waals surface area contributed by atoms with Crippen LogP contribution in [0.4, 0.5) is 24.5 Å². The molecule has 2 aromatic heterocycles. The molecule has 0 aliphatic heterocycles. The lowest BCUT2D eigenvalue weighted by molar-refractivity contribution is -0.136. The highest BCUT2D eigenvalue weighted by Crippen LogP contribution is 2.43. The van der Waals surface area contributed by atoms with Crippen LogP contribution >= 0.6 is 11.3 Å². The number of nitrogens with two attached hydrogens (primary N) is 1. The molecule has 1 amide bonds. The number of fused-ring (bicyclic) bond motifs is 1. The summed E-state index contributed by atoms with van der Waals surface area (Å²) in [5.74, 6) is -0.641. The predicted molar refractivity (Wildman–Crippen MR) is 111 cm³/mol. The summed E-state index contributed by atoms with van der Waals surface area (Å²) in [5.41, 5.74) is 5.79.